The van der Waals surface area contributed by atoms with Crippen molar-refractivity contribution in [3.05, 3.63) is 58.8 Å². The number of rotatable bonds is 6. The van der Waals surface area contributed by atoms with E-state index in [0.717, 1.165) is 28.6 Å². The first-order valence-electron chi connectivity index (χ1n) is 6.27. The number of aromatic nitrogens is 1. The van der Waals surface area contributed by atoms with Gasteiger partial charge in [0.05, 0.1) is 6.61 Å². The lowest BCUT2D eigenvalue weighted by molar-refractivity contribution is 0.297. The third kappa shape index (κ3) is 5.01. The molecule has 1 aromatic heterocycles. The molecule has 19 heavy (non-hydrogen) atoms. The highest BCUT2D eigenvalue weighted by molar-refractivity contribution is 9.10. The first-order chi connectivity index (χ1) is 9.24. The van der Waals surface area contributed by atoms with Crippen molar-refractivity contribution in [2.75, 3.05) is 6.61 Å². The molecule has 1 unspecified atom stereocenters. The lowest BCUT2D eigenvalue weighted by atomic mass is 10.1. The second kappa shape index (κ2) is 7.26. The fourth-order valence-electron chi connectivity index (χ4n) is 1.82. The molecule has 2 N–H and O–H groups in total. The summed E-state index contributed by atoms with van der Waals surface area (Å²) in [7, 11) is 0. The van der Waals surface area contributed by atoms with Crippen LogP contribution in [0.25, 0.3) is 0 Å². The molecule has 0 amide bonds. The number of pyridine rings is 1. The summed E-state index contributed by atoms with van der Waals surface area (Å²) >= 11 is 3.41. The van der Waals surface area contributed by atoms with E-state index in [0.29, 0.717) is 6.61 Å². The van der Waals surface area contributed by atoms with Crippen molar-refractivity contribution in [3.63, 3.8) is 0 Å². The van der Waals surface area contributed by atoms with Crippen LogP contribution in [-0.2, 0) is 6.42 Å². The maximum absolute atomic E-state index is 6.10. The van der Waals surface area contributed by atoms with Gasteiger partial charge in [-0.05, 0) is 52.5 Å². The molecule has 0 saturated carbocycles. The topological polar surface area (TPSA) is 48.1 Å². The van der Waals surface area contributed by atoms with Gasteiger partial charge in [0.25, 0.3) is 0 Å². The van der Waals surface area contributed by atoms with Crippen LogP contribution < -0.4 is 10.5 Å². The van der Waals surface area contributed by atoms with Crippen LogP contribution in [0.1, 0.15) is 12.0 Å². The Balaban J connectivity index is 1.74. The first kappa shape index (κ1) is 14.0. The Morgan fingerprint density at radius 1 is 1.21 bits per heavy atom. The Kier molecular flexibility index (Phi) is 5.36. The van der Waals surface area contributed by atoms with Crippen molar-refractivity contribution in [1.82, 2.24) is 4.98 Å². The molecular formula is C15H17BrN2O. The van der Waals surface area contributed by atoms with Gasteiger partial charge < -0.3 is 10.5 Å². The summed E-state index contributed by atoms with van der Waals surface area (Å²) in [5, 5.41) is 0. The summed E-state index contributed by atoms with van der Waals surface area (Å²) in [6.45, 7) is 0.632. The fourth-order valence-corrected chi connectivity index (χ4v) is 2.23. The fraction of sp³-hybridized carbons (Fsp3) is 0.267. The lowest BCUT2D eigenvalue weighted by Gasteiger charge is -2.12. The molecule has 2 rings (SSSR count). The van der Waals surface area contributed by atoms with Gasteiger partial charge in [-0.3, -0.25) is 4.98 Å². The highest BCUT2D eigenvalue weighted by Gasteiger charge is 2.05. The van der Waals surface area contributed by atoms with Gasteiger partial charge in [-0.1, -0.05) is 18.2 Å². The predicted molar refractivity (Wildman–Crippen MR) is 80.2 cm³/mol. The second-order valence-electron chi connectivity index (χ2n) is 4.43. The van der Waals surface area contributed by atoms with E-state index in [1.807, 2.05) is 42.6 Å². The zero-order valence-corrected chi connectivity index (χ0v) is 12.2. The van der Waals surface area contributed by atoms with Crippen molar-refractivity contribution in [2.45, 2.75) is 18.9 Å². The molecule has 100 valence electrons. The van der Waals surface area contributed by atoms with Gasteiger partial charge in [0.2, 0.25) is 0 Å². The van der Waals surface area contributed by atoms with Crippen molar-refractivity contribution in [2.24, 2.45) is 5.73 Å². The minimum atomic E-state index is 0.0832. The molecule has 0 fully saturated rings. The van der Waals surface area contributed by atoms with Crippen molar-refractivity contribution < 1.29 is 4.74 Å². The Bertz CT molecular complexity index is 505. The van der Waals surface area contributed by atoms with E-state index < -0.39 is 0 Å². The van der Waals surface area contributed by atoms with Crippen molar-refractivity contribution >= 4 is 15.9 Å². The van der Waals surface area contributed by atoms with E-state index >= 15 is 0 Å². The Morgan fingerprint density at radius 3 is 2.74 bits per heavy atom. The smallest absolute Gasteiger partial charge is 0.119 e. The summed E-state index contributed by atoms with van der Waals surface area (Å²) < 4.78 is 6.62. The van der Waals surface area contributed by atoms with Crippen LogP contribution in [0.4, 0.5) is 0 Å². The Labute approximate surface area is 121 Å². The van der Waals surface area contributed by atoms with E-state index in [2.05, 4.69) is 20.9 Å². The van der Waals surface area contributed by atoms with E-state index in [1.165, 1.54) is 0 Å². The summed E-state index contributed by atoms with van der Waals surface area (Å²) in [6, 6.07) is 11.9. The maximum Gasteiger partial charge on any atom is 0.119 e. The van der Waals surface area contributed by atoms with Crippen LogP contribution in [0.3, 0.4) is 0 Å². The molecule has 0 saturated heterocycles. The monoisotopic (exact) mass is 320 g/mol. The molecule has 0 aliphatic heterocycles. The lowest BCUT2D eigenvalue weighted by Crippen LogP contribution is -2.25. The molecule has 4 heteroatoms. The van der Waals surface area contributed by atoms with Crippen LogP contribution in [0, 0.1) is 0 Å². The SMILES string of the molecule is NC(CCOc1ccccc1)Cc1cncc(Br)c1. The van der Waals surface area contributed by atoms with E-state index in [1.54, 1.807) is 6.20 Å². The third-order valence-electron chi connectivity index (χ3n) is 2.76. The van der Waals surface area contributed by atoms with Gasteiger partial charge in [0.15, 0.2) is 0 Å². The van der Waals surface area contributed by atoms with E-state index in [4.69, 9.17) is 10.5 Å². The van der Waals surface area contributed by atoms with Crippen LogP contribution in [0.5, 0.6) is 5.75 Å². The molecule has 1 aromatic carbocycles. The highest BCUT2D eigenvalue weighted by Crippen LogP contribution is 2.12. The summed E-state index contributed by atoms with van der Waals surface area (Å²) in [5.41, 5.74) is 7.24. The number of benzene rings is 1. The quantitative estimate of drug-likeness (QED) is 0.889. The molecule has 0 aliphatic rings. The van der Waals surface area contributed by atoms with Crippen molar-refractivity contribution in [1.29, 1.82) is 0 Å². The van der Waals surface area contributed by atoms with Crippen LogP contribution in [0.15, 0.2) is 53.3 Å². The first-order valence-corrected chi connectivity index (χ1v) is 7.06. The molecule has 0 radical (unpaired) electrons. The molecule has 2 aromatic rings. The van der Waals surface area contributed by atoms with Crippen LogP contribution in [-0.4, -0.2) is 17.6 Å². The number of nitrogens with zero attached hydrogens (tertiary/aromatic N) is 1. The maximum atomic E-state index is 6.10. The highest BCUT2D eigenvalue weighted by atomic mass is 79.9. The van der Waals surface area contributed by atoms with Crippen molar-refractivity contribution in [3.8, 4) is 5.75 Å². The molecule has 0 aliphatic carbocycles. The Morgan fingerprint density at radius 2 is 2.00 bits per heavy atom. The average molecular weight is 321 g/mol. The number of para-hydroxylation sites is 1. The average Bonchev–Trinajstić information content (AvgIpc) is 2.40. The molecule has 3 nitrogen and oxygen atoms in total. The Hall–Kier alpha value is -1.39. The number of hydrogen-bond acceptors (Lipinski definition) is 3. The molecule has 0 bridgehead atoms. The van der Waals surface area contributed by atoms with Gasteiger partial charge in [0, 0.05) is 22.9 Å². The van der Waals surface area contributed by atoms with Gasteiger partial charge in [-0.25, -0.2) is 0 Å². The van der Waals surface area contributed by atoms with Crippen LogP contribution in [0.2, 0.25) is 0 Å². The number of halogens is 1. The minimum Gasteiger partial charge on any atom is -0.494 e. The largest absolute Gasteiger partial charge is 0.494 e. The number of ether oxygens (including phenoxy) is 1. The van der Waals surface area contributed by atoms with E-state index in [-0.39, 0.29) is 6.04 Å². The normalized spacial score (nSPS) is 12.1. The van der Waals surface area contributed by atoms with Gasteiger partial charge >= 0.3 is 0 Å². The summed E-state index contributed by atoms with van der Waals surface area (Å²) in [6.07, 6.45) is 5.25. The standard InChI is InChI=1S/C15H17BrN2O/c16-13-8-12(10-18-11-13)9-14(17)6-7-19-15-4-2-1-3-5-15/h1-5,8,10-11,14H,6-7,9,17H2. The third-order valence-corrected chi connectivity index (χ3v) is 3.19. The van der Waals surface area contributed by atoms with Gasteiger partial charge in [0.1, 0.15) is 5.75 Å². The van der Waals surface area contributed by atoms with Crippen LogP contribution >= 0.6 is 15.9 Å². The number of nitrogens with two attached hydrogens (primary N) is 1. The summed E-state index contributed by atoms with van der Waals surface area (Å²) in [4.78, 5) is 4.13. The summed E-state index contributed by atoms with van der Waals surface area (Å²) in [5.74, 6) is 0.888. The van der Waals surface area contributed by atoms with E-state index in [9.17, 15) is 0 Å². The molecule has 1 heterocycles. The molecule has 1 atom stereocenters. The predicted octanol–water partition coefficient (Wildman–Crippen LogP) is 3.18. The zero-order chi connectivity index (χ0) is 13.5. The van der Waals surface area contributed by atoms with Gasteiger partial charge in [-0.15, -0.1) is 0 Å². The second-order valence-corrected chi connectivity index (χ2v) is 5.34. The number of hydrogen-bond donors (Lipinski definition) is 1. The molecular weight excluding hydrogens is 304 g/mol. The van der Waals surface area contributed by atoms with Gasteiger partial charge in [-0.2, -0.15) is 0 Å². The zero-order valence-electron chi connectivity index (χ0n) is 10.6. The molecule has 0 spiro atoms. The minimum absolute atomic E-state index is 0.0832.